The summed E-state index contributed by atoms with van der Waals surface area (Å²) in [6, 6.07) is 8.36. The summed E-state index contributed by atoms with van der Waals surface area (Å²) < 4.78 is 11.0. The highest BCUT2D eigenvalue weighted by molar-refractivity contribution is 5.73. The van der Waals surface area contributed by atoms with Crippen molar-refractivity contribution in [3.8, 4) is 5.75 Å². The van der Waals surface area contributed by atoms with E-state index in [4.69, 9.17) is 9.47 Å². The van der Waals surface area contributed by atoms with E-state index in [9.17, 15) is 4.79 Å². The molecule has 2 aliphatic rings. The maximum atomic E-state index is 11.9. The predicted octanol–water partition coefficient (Wildman–Crippen LogP) is 1.40. The Kier molecular flexibility index (Phi) is 5.93. The number of hydrogen-bond donors (Lipinski definition) is 2. The van der Waals surface area contributed by atoms with E-state index in [1.807, 2.05) is 24.3 Å². The lowest BCUT2D eigenvalue weighted by atomic mass is 10.1. The van der Waals surface area contributed by atoms with Crippen LogP contribution in [0.5, 0.6) is 5.75 Å². The number of rotatable bonds is 6. The Balaban J connectivity index is 1.31. The Bertz CT molecular complexity index is 535. The van der Waals surface area contributed by atoms with Crippen LogP contribution in [0.2, 0.25) is 0 Å². The van der Waals surface area contributed by atoms with Gasteiger partial charge >= 0.3 is 6.03 Å². The van der Waals surface area contributed by atoms with Gasteiger partial charge in [-0.25, -0.2) is 4.79 Å². The lowest BCUT2D eigenvalue weighted by Gasteiger charge is -2.35. The number of carbonyl (C=O) groups excluding carboxylic acids is 1. The molecule has 2 atom stereocenters. The van der Waals surface area contributed by atoms with Gasteiger partial charge in [0.1, 0.15) is 5.75 Å². The van der Waals surface area contributed by atoms with E-state index in [1.165, 1.54) is 24.9 Å². The van der Waals surface area contributed by atoms with Crippen molar-refractivity contribution in [2.75, 3.05) is 39.9 Å². The van der Waals surface area contributed by atoms with Gasteiger partial charge in [-0.1, -0.05) is 12.1 Å². The molecule has 2 amide bonds. The number of urea groups is 1. The van der Waals surface area contributed by atoms with Gasteiger partial charge in [0.2, 0.25) is 0 Å². The van der Waals surface area contributed by atoms with Gasteiger partial charge < -0.3 is 20.1 Å². The SMILES string of the molecule is COc1ccc(CCNC(=O)NC[C@H]2CN3CCC[C@@H]3CO2)cc1. The van der Waals surface area contributed by atoms with Crippen molar-refractivity contribution in [1.29, 1.82) is 0 Å². The van der Waals surface area contributed by atoms with Gasteiger partial charge in [0, 0.05) is 25.7 Å². The monoisotopic (exact) mass is 333 g/mol. The summed E-state index contributed by atoms with van der Waals surface area (Å²) in [6.07, 6.45) is 3.41. The van der Waals surface area contributed by atoms with Crippen LogP contribution in [-0.4, -0.2) is 63.0 Å². The molecule has 0 aliphatic carbocycles. The van der Waals surface area contributed by atoms with Crippen LogP contribution in [0.3, 0.4) is 0 Å². The van der Waals surface area contributed by atoms with Crippen molar-refractivity contribution in [2.45, 2.75) is 31.4 Å². The van der Waals surface area contributed by atoms with Crippen LogP contribution in [0.25, 0.3) is 0 Å². The molecule has 2 N–H and O–H groups in total. The Labute approximate surface area is 143 Å². The van der Waals surface area contributed by atoms with Gasteiger partial charge in [-0.2, -0.15) is 0 Å². The van der Waals surface area contributed by atoms with Crippen LogP contribution >= 0.6 is 0 Å². The first-order valence-electron chi connectivity index (χ1n) is 8.75. The smallest absolute Gasteiger partial charge is 0.314 e. The number of amides is 2. The van der Waals surface area contributed by atoms with Crippen LogP contribution in [0.1, 0.15) is 18.4 Å². The van der Waals surface area contributed by atoms with Crippen LogP contribution < -0.4 is 15.4 Å². The lowest BCUT2D eigenvalue weighted by molar-refractivity contribution is -0.0457. The zero-order chi connectivity index (χ0) is 16.8. The van der Waals surface area contributed by atoms with E-state index in [0.717, 1.165) is 25.3 Å². The van der Waals surface area contributed by atoms with E-state index >= 15 is 0 Å². The summed E-state index contributed by atoms with van der Waals surface area (Å²) in [5.74, 6) is 0.845. The number of hydrogen-bond acceptors (Lipinski definition) is 4. The standard InChI is InChI=1S/C18H27N3O3/c1-23-16-6-4-14(5-7-16)8-9-19-18(22)20-11-17-12-21-10-2-3-15(21)13-24-17/h4-7,15,17H,2-3,8-13H2,1H3,(H2,19,20,22)/t15-,17+/m1/s1. The number of nitrogens with one attached hydrogen (secondary N) is 2. The quantitative estimate of drug-likeness (QED) is 0.826. The number of methoxy groups -OCH3 is 1. The number of benzene rings is 1. The number of nitrogens with zero attached hydrogens (tertiary/aromatic N) is 1. The highest BCUT2D eigenvalue weighted by Crippen LogP contribution is 2.22. The molecule has 2 saturated heterocycles. The second-order valence-electron chi connectivity index (χ2n) is 6.48. The second-order valence-corrected chi connectivity index (χ2v) is 6.48. The highest BCUT2D eigenvalue weighted by atomic mass is 16.5. The Morgan fingerprint density at radius 2 is 2.17 bits per heavy atom. The van der Waals surface area contributed by atoms with Crippen molar-refractivity contribution >= 4 is 6.03 Å². The molecule has 2 heterocycles. The van der Waals surface area contributed by atoms with E-state index < -0.39 is 0 Å². The molecule has 24 heavy (non-hydrogen) atoms. The molecule has 6 heteroatoms. The lowest BCUT2D eigenvalue weighted by Crippen LogP contribution is -2.51. The topological polar surface area (TPSA) is 62.8 Å². The molecule has 2 fully saturated rings. The fourth-order valence-corrected chi connectivity index (χ4v) is 3.39. The zero-order valence-corrected chi connectivity index (χ0v) is 14.3. The summed E-state index contributed by atoms with van der Waals surface area (Å²) in [6.45, 7) is 4.07. The first-order chi connectivity index (χ1) is 11.7. The molecule has 2 aliphatic heterocycles. The molecule has 0 aromatic heterocycles. The molecular formula is C18H27N3O3. The van der Waals surface area contributed by atoms with Gasteiger partial charge in [-0.15, -0.1) is 0 Å². The van der Waals surface area contributed by atoms with Gasteiger partial charge in [0.05, 0.1) is 19.8 Å². The Morgan fingerprint density at radius 3 is 2.96 bits per heavy atom. The average Bonchev–Trinajstić information content (AvgIpc) is 3.08. The number of fused-ring (bicyclic) bond motifs is 1. The maximum Gasteiger partial charge on any atom is 0.314 e. The Hall–Kier alpha value is -1.79. The summed E-state index contributed by atoms with van der Waals surface area (Å²) in [7, 11) is 1.65. The molecule has 132 valence electrons. The van der Waals surface area contributed by atoms with E-state index in [1.54, 1.807) is 7.11 Å². The molecule has 1 aromatic carbocycles. The largest absolute Gasteiger partial charge is 0.497 e. The maximum absolute atomic E-state index is 11.9. The summed E-state index contributed by atoms with van der Waals surface area (Å²) in [5.41, 5.74) is 1.17. The van der Waals surface area contributed by atoms with Crippen molar-refractivity contribution in [2.24, 2.45) is 0 Å². The Morgan fingerprint density at radius 1 is 1.33 bits per heavy atom. The highest BCUT2D eigenvalue weighted by Gasteiger charge is 2.32. The minimum atomic E-state index is -0.129. The third-order valence-corrected chi connectivity index (χ3v) is 4.81. The third-order valence-electron chi connectivity index (χ3n) is 4.81. The summed E-state index contributed by atoms with van der Waals surface area (Å²) in [4.78, 5) is 14.4. The molecule has 0 spiro atoms. The molecule has 3 rings (SSSR count). The minimum absolute atomic E-state index is 0.103. The number of morpholine rings is 1. The number of ether oxygens (including phenoxy) is 2. The molecule has 0 unspecified atom stereocenters. The molecule has 0 radical (unpaired) electrons. The van der Waals surface area contributed by atoms with Gasteiger partial charge in [-0.05, 0) is 43.5 Å². The van der Waals surface area contributed by atoms with Crippen LogP contribution in [0.4, 0.5) is 4.79 Å². The third kappa shape index (κ3) is 4.61. The average molecular weight is 333 g/mol. The fourth-order valence-electron chi connectivity index (χ4n) is 3.39. The second kappa shape index (κ2) is 8.35. The first-order valence-corrected chi connectivity index (χ1v) is 8.75. The van der Waals surface area contributed by atoms with Crippen molar-refractivity contribution in [3.05, 3.63) is 29.8 Å². The van der Waals surface area contributed by atoms with Crippen LogP contribution in [-0.2, 0) is 11.2 Å². The van der Waals surface area contributed by atoms with Gasteiger partial charge in [0.25, 0.3) is 0 Å². The van der Waals surface area contributed by atoms with E-state index in [2.05, 4.69) is 15.5 Å². The predicted molar refractivity (Wildman–Crippen MR) is 92.4 cm³/mol. The summed E-state index contributed by atoms with van der Waals surface area (Å²) in [5, 5.41) is 5.81. The normalized spacial score (nSPS) is 23.5. The van der Waals surface area contributed by atoms with Gasteiger partial charge in [-0.3, -0.25) is 4.90 Å². The summed E-state index contributed by atoms with van der Waals surface area (Å²) >= 11 is 0. The molecular weight excluding hydrogens is 306 g/mol. The minimum Gasteiger partial charge on any atom is -0.497 e. The van der Waals surface area contributed by atoms with Crippen molar-refractivity contribution in [3.63, 3.8) is 0 Å². The molecule has 1 aromatic rings. The molecule has 0 saturated carbocycles. The van der Waals surface area contributed by atoms with Crippen molar-refractivity contribution in [1.82, 2.24) is 15.5 Å². The van der Waals surface area contributed by atoms with Gasteiger partial charge in [0.15, 0.2) is 0 Å². The van der Waals surface area contributed by atoms with Crippen LogP contribution in [0, 0.1) is 0 Å². The van der Waals surface area contributed by atoms with E-state index in [0.29, 0.717) is 19.1 Å². The first kappa shape index (κ1) is 17.0. The molecule has 0 bridgehead atoms. The molecule has 6 nitrogen and oxygen atoms in total. The fraction of sp³-hybridized carbons (Fsp3) is 0.611. The zero-order valence-electron chi connectivity index (χ0n) is 14.3. The number of carbonyl (C=O) groups is 1. The van der Waals surface area contributed by atoms with Crippen LogP contribution in [0.15, 0.2) is 24.3 Å². The van der Waals surface area contributed by atoms with Crippen molar-refractivity contribution < 1.29 is 14.3 Å². The van der Waals surface area contributed by atoms with E-state index in [-0.39, 0.29) is 12.1 Å².